The van der Waals surface area contributed by atoms with Gasteiger partial charge in [0.2, 0.25) is 0 Å². The van der Waals surface area contributed by atoms with Gasteiger partial charge in [-0.3, -0.25) is 0 Å². The second-order valence-corrected chi connectivity index (χ2v) is 1.34. The third kappa shape index (κ3) is 67.2. The van der Waals surface area contributed by atoms with Gasteiger partial charge in [-0.25, -0.2) is 0 Å². The Morgan fingerprint density at radius 1 is 1.00 bits per heavy atom. The molecule has 0 aliphatic heterocycles. The van der Waals surface area contributed by atoms with Gasteiger partial charge in [0, 0.05) is 0 Å². The van der Waals surface area contributed by atoms with Crippen molar-refractivity contribution in [3.63, 3.8) is 0 Å². The number of hydrogen-bond acceptors (Lipinski definition) is 4. The molecule has 4 nitrogen and oxygen atoms in total. The maximum absolute atomic E-state index is 8.55. The molecule has 40 valence electrons. The van der Waals surface area contributed by atoms with Gasteiger partial charge < -0.3 is 23.9 Å². The molecule has 9 heteroatoms. The third-order valence-corrected chi connectivity index (χ3v) is 0. The van der Waals surface area contributed by atoms with Crippen molar-refractivity contribution in [2.75, 3.05) is 0 Å². The van der Waals surface area contributed by atoms with Crippen LogP contribution in [0, 0.1) is 0 Å². The Morgan fingerprint density at radius 3 is 1.00 bits per heavy atom. The van der Waals surface area contributed by atoms with Gasteiger partial charge in [0.25, 0.3) is 0 Å². The molecule has 0 unspecified atom stereocenters. The molecule has 0 saturated carbocycles. The van der Waals surface area contributed by atoms with E-state index in [0.717, 1.165) is 0 Å². The number of halogens is 1. The van der Waals surface area contributed by atoms with Crippen LogP contribution < -0.4 is 122 Å². The van der Waals surface area contributed by atoms with Crippen LogP contribution in [0.2, 0.25) is 0 Å². The average molecular weight is 232 g/mol. The Bertz CT molecular complexity index is 64.7. The molecule has 0 aliphatic rings. The van der Waals surface area contributed by atoms with Gasteiger partial charge >= 0.3 is 141 Å². The van der Waals surface area contributed by atoms with Gasteiger partial charge in [-0.15, -0.1) is 0 Å². The second kappa shape index (κ2) is 15.1. The van der Waals surface area contributed by atoms with Crippen molar-refractivity contribution in [3.05, 3.63) is 0 Å². The van der Waals surface area contributed by atoms with Crippen LogP contribution in [0.3, 0.4) is 0 Å². The topological polar surface area (TPSA) is 86.2 Å². The van der Waals surface area contributed by atoms with Crippen LogP contribution >= 0.6 is 7.82 Å². The quantitative estimate of drug-likeness (QED) is 0.306. The molecular formula is CaFK2O4P. The maximum atomic E-state index is 8.55. The molecular weight excluding hydrogens is 232 g/mol. The van der Waals surface area contributed by atoms with E-state index in [9.17, 15) is 0 Å². The molecule has 0 radical (unpaired) electrons. The fourth-order valence-electron chi connectivity index (χ4n) is 0. The summed E-state index contributed by atoms with van der Waals surface area (Å²) in [7, 11) is -5.39. The molecule has 0 fully saturated rings. The van der Waals surface area contributed by atoms with Crippen molar-refractivity contribution in [1.29, 1.82) is 0 Å². The van der Waals surface area contributed by atoms with Crippen LogP contribution in [0.4, 0.5) is 0 Å². The summed E-state index contributed by atoms with van der Waals surface area (Å²) in [5, 5.41) is 0. The van der Waals surface area contributed by atoms with E-state index in [0.29, 0.717) is 0 Å². The first-order valence-electron chi connectivity index (χ1n) is 0.730. The zero-order valence-corrected chi connectivity index (χ0v) is 14.5. The van der Waals surface area contributed by atoms with Crippen molar-refractivity contribution in [2.24, 2.45) is 0 Å². The van der Waals surface area contributed by atoms with Gasteiger partial charge in [0.1, 0.15) is 0 Å². The molecule has 0 aromatic carbocycles. The Labute approximate surface area is 167 Å². The molecule has 0 saturated heterocycles. The van der Waals surface area contributed by atoms with E-state index in [4.69, 9.17) is 19.2 Å². The standard InChI is InChI=1S/Ca.FH.2K.H3O4P/c;;;;1-5(2,3)4/h;1H;;;(H3,1,2,3,4)/q+2;;2*+1;/p-4. The van der Waals surface area contributed by atoms with Gasteiger partial charge in [-0.1, -0.05) is 0 Å². The SMILES string of the molecule is O=P([O-])([O-])[O-].[Ca+2].[F-].[K+].[K+]. The third-order valence-electron chi connectivity index (χ3n) is 0. The van der Waals surface area contributed by atoms with Crippen molar-refractivity contribution >= 4 is 45.6 Å². The van der Waals surface area contributed by atoms with Gasteiger partial charge in [-0.2, -0.15) is 7.82 Å². The molecule has 0 atom stereocenters. The summed E-state index contributed by atoms with van der Waals surface area (Å²) < 4.78 is 8.55. The molecule has 0 aromatic rings. The zero-order chi connectivity index (χ0) is 4.50. The summed E-state index contributed by atoms with van der Waals surface area (Å²) in [6.07, 6.45) is 0. The Kier molecular flexibility index (Phi) is 48.9. The minimum Gasteiger partial charge on any atom is -1.00 e. The van der Waals surface area contributed by atoms with E-state index < -0.39 is 7.82 Å². The Morgan fingerprint density at radius 2 is 1.00 bits per heavy atom. The van der Waals surface area contributed by atoms with E-state index in [2.05, 4.69) is 0 Å². The average Bonchev–Trinajstić information content (AvgIpc) is 0.722. The molecule has 0 N–H and O–H groups in total. The molecule has 9 heavy (non-hydrogen) atoms. The molecule has 0 rings (SSSR count). The summed E-state index contributed by atoms with van der Waals surface area (Å²) in [4.78, 5) is 25.6. The van der Waals surface area contributed by atoms with Gasteiger partial charge in [-0.05, 0) is 0 Å². The maximum Gasteiger partial charge on any atom is 2.00 e. The minimum absolute atomic E-state index is 0. The number of hydrogen-bond donors (Lipinski definition) is 0. The van der Waals surface area contributed by atoms with E-state index in [-0.39, 0.29) is 145 Å². The molecule has 0 aliphatic carbocycles. The van der Waals surface area contributed by atoms with Crippen LogP contribution in [-0.4, -0.2) is 37.7 Å². The fraction of sp³-hybridized carbons (Fsp3) is 0. The van der Waals surface area contributed by atoms with Gasteiger partial charge in [0.15, 0.2) is 0 Å². The number of rotatable bonds is 0. The monoisotopic (exact) mass is 232 g/mol. The summed E-state index contributed by atoms with van der Waals surface area (Å²) in [6.45, 7) is 0. The van der Waals surface area contributed by atoms with Crippen molar-refractivity contribution in [1.82, 2.24) is 0 Å². The first kappa shape index (κ1) is 29.2. The Balaban J connectivity index is -0.0000000133. The summed E-state index contributed by atoms with van der Waals surface area (Å²) in [6, 6.07) is 0. The smallest absolute Gasteiger partial charge is 1.00 e. The van der Waals surface area contributed by atoms with E-state index >= 15 is 0 Å². The molecule has 0 amide bonds. The second-order valence-electron chi connectivity index (χ2n) is 0.447. The van der Waals surface area contributed by atoms with Crippen molar-refractivity contribution < 1.29 is 127 Å². The van der Waals surface area contributed by atoms with Crippen molar-refractivity contribution in [2.45, 2.75) is 0 Å². The Hall–Kier alpha value is 4.57. The molecule has 0 aromatic heterocycles. The zero-order valence-electron chi connectivity index (χ0n) is 5.17. The molecule has 0 heterocycles. The fourth-order valence-corrected chi connectivity index (χ4v) is 0. The number of phosphoric acid groups is 1. The summed E-state index contributed by atoms with van der Waals surface area (Å²) in [5.41, 5.74) is 0. The van der Waals surface area contributed by atoms with E-state index in [1.807, 2.05) is 0 Å². The van der Waals surface area contributed by atoms with Crippen LogP contribution in [0.5, 0.6) is 0 Å². The first-order chi connectivity index (χ1) is 2.00. The van der Waals surface area contributed by atoms with E-state index in [1.54, 1.807) is 0 Å². The summed E-state index contributed by atoms with van der Waals surface area (Å²) >= 11 is 0. The predicted octanol–water partition coefficient (Wildman–Crippen LogP) is -12.2. The van der Waals surface area contributed by atoms with Crippen LogP contribution in [0.25, 0.3) is 0 Å². The van der Waals surface area contributed by atoms with E-state index in [1.165, 1.54) is 0 Å². The molecule has 0 spiro atoms. The minimum atomic E-state index is -5.39. The van der Waals surface area contributed by atoms with Crippen LogP contribution in [0.1, 0.15) is 0 Å². The largest absolute Gasteiger partial charge is 2.00 e. The first-order valence-corrected chi connectivity index (χ1v) is 2.19. The van der Waals surface area contributed by atoms with Crippen LogP contribution in [0.15, 0.2) is 0 Å². The molecule has 0 bridgehead atoms. The van der Waals surface area contributed by atoms with Gasteiger partial charge in [0.05, 0.1) is 0 Å². The normalized spacial score (nSPS) is 6.56. The summed E-state index contributed by atoms with van der Waals surface area (Å²) in [5.74, 6) is 0. The predicted molar refractivity (Wildman–Crippen MR) is 13.4 cm³/mol. The van der Waals surface area contributed by atoms with Crippen LogP contribution in [-0.2, 0) is 4.57 Å². The van der Waals surface area contributed by atoms with Crippen molar-refractivity contribution in [3.8, 4) is 0 Å².